The van der Waals surface area contributed by atoms with Crippen LogP contribution in [-0.4, -0.2) is 20.5 Å². The van der Waals surface area contributed by atoms with Gasteiger partial charge < -0.3 is 9.47 Å². The number of hydrogen-bond acceptors (Lipinski definition) is 2. The first-order valence-electron chi connectivity index (χ1n) is 6.67. The van der Waals surface area contributed by atoms with Crippen LogP contribution in [0, 0.1) is 0 Å². The summed E-state index contributed by atoms with van der Waals surface area (Å²) in [6.45, 7) is 1.03. The lowest BCUT2D eigenvalue weighted by molar-refractivity contribution is -0.0291. The molecule has 2 aromatic rings. The van der Waals surface area contributed by atoms with Crippen LogP contribution in [0.3, 0.4) is 0 Å². The van der Waals surface area contributed by atoms with Gasteiger partial charge in [-0.05, 0) is 35.6 Å². The summed E-state index contributed by atoms with van der Waals surface area (Å²) in [7, 11) is 1.63. The lowest BCUT2D eigenvalue weighted by Gasteiger charge is -2.06. The smallest absolute Gasteiger partial charge is 0.146 e. The Morgan fingerprint density at radius 3 is 2.35 bits per heavy atom. The molecule has 0 atom stereocenters. The van der Waals surface area contributed by atoms with Crippen molar-refractivity contribution in [3.63, 3.8) is 0 Å². The van der Waals surface area contributed by atoms with E-state index in [2.05, 4.69) is 30.3 Å². The minimum Gasteiger partial charge on any atom is -0.359 e. The highest BCUT2D eigenvalue weighted by molar-refractivity contribution is 6.31. The van der Waals surface area contributed by atoms with Crippen LogP contribution >= 0.6 is 11.6 Å². The first-order chi connectivity index (χ1) is 9.79. The van der Waals surface area contributed by atoms with Crippen molar-refractivity contribution in [3.05, 3.63) is 70.2 Å². The molecule has 0 saturated carbocycles. The van der Waals surface area contributed by atoms with Gasteiger partial charge in [0.1, 0.15) is 6.79 Å². The molecule has 106 valence electrons. The summed E-state index contributed by atoms with van der Waals surface area (Å²) < 4.78 is 10.1. The Labute approximate surface area is 125 Å². The van der Waals surface area contributed by atoms with Gasteiger partial charge in [0, 0.05) is 12.1 Å². The summed E-state index contributed by atoms with van der Waals surface area (Å²) in [5, 5.41) is 0.824. The highest BCUT2D eigenvalue weighted by Crippen LogP contribution is 2.19. The van der Waals surface area contributed by atoms with Gasteiger partial charge >= 0.3 is 0 Å². The second-order valence-corrected chi connectivity index (χ2v) is 5.06. The predicted molar refractivity (Wildman–Crippen MR) is 82.2 cm³/mol. The Hall–Kier alpha value is -1.35. The fraction of sp³-hybridized carbons (Fsp3) is 0.294. The maximum absolute atomic E-state index is 6.18. The Morgan fingerprint density at radius 2 is 1.65 bits per heavy atom. The van der Waals surface area contributed by atoms with Crippen LogP contribution in [-0.2, 0) is 22.3 Å². The van der Waals surface area contributed by atoms with Crippen LogP contribution in [0.15, 0.2) is 48.5 Å². The largest absolute Gasteiger partial charge is 0.359 e. The lowest BCUT2D eigenvalue weighted by atomic mass is 10.0. The third kappa shape index (κ3) is 4.64. The molecule has 0 radical (unpaired) electrons. The predicted octanol–water partition coefficient (Wildman–Crippen LogP) is 4.09. The van der Waals surface area contributed by atoms with Gasteiger partial charge in [0.15, 0.2) is 0 Å². The van der Waals surface area contributed by atoms with Crippen molar-refractivity contribution in [1.29, 1.82) is 0 Å². The molecule has 0 N–H and O–H groups in total. The van der Waals surface area contributed by atoms with E-state index in [1.807, 2.05) is 18.2 Å². The normalized spacial score (nSPS) is 10.7. The molecule has 0 heterocycles. The summed E-state index contributed by atoms with van der Waals surface area (Å²) in [5.74, 6) is 0. The van der Waals surface area contributed by atoms with Gasteiger partial charge in [0.2, 0.25) is 0 Å². The zero-order chi connectivity index (χ0) is 14.2. The number of halogens is 1. The molecular formula is C17H19ClO2. The highest BCUT2D eigenvalue weighted by Gasteiger charge is 2.01. The summed E-state index contributed by atoms with van der Waals surface area (Å²) >= 11 is 6.18. The van der Waals surface area contributed by atoms with E-state index in [1.54, 1.807) is 7.11 Å². The van der Waals surface area contributed by atoms with Gasteiger partial charge in [0.05, 0.1) is 6.61 Å². The molecule has 0 saturated heterocycles. The zero-order valence-electron chi connectivity index (χ0n) is 11.6. The quantitative estimate of drug-likeness (QED) is 0.565. The number of rotatable bonds is 7. The summed E-state index contributed by atoms with van der Waals surface area (Å²) in [5.41, 5.74) is 3.69. The van der Waals surface area contributed by atoms with Gasteiger partial charge in [-0.2, -0.15) is 0 Å². The monoisotopic (exact) mass is 290 g/mol. The van der Waals surface area contributed by atoms with Gasteiger partial charge in [-0.15, -0.1) is 0 Å². The second kappa shape index (κ2) is 8.05. The van der Waals surface area contributed by atoms with E-state index < -0.39 is 0 Å². The molecule has 2 rings (SSSR count). The summed E-state index contributed by atoms with van der Waals surface area (Å²) in [6.07, 6.45) is 1.76. The zero-order valence-corrected chi connectivity index (χ0v) is 12.4. The van der Waals surface area contributed by atoms with Crippen LogP contribution < -0.4 is 0 Å². The second-order valence-electron chi connectivity index (χ2n) is 4.65. The molecule has 0 bridgehead atoms. The average molecular weight is 291 g/mol. The summed E-state index contributed by atoms with van der Waals surface area (Å²) in [4.78, 5) is 0. The summed E-state index contributed by atoms with van der Waals surface area (Å²) in [6, 6.07) is 16.5. The van der Waals surface area contributed by atoms with Gasteiger partial charge in [-0.25, -0.2) is 0 Å². The topological polar surface area (TPSA) is 18.5 Å². The Morgan fingerprint density at radius 1 is 0.950 bits per heavy atom. The van der Waals surface area contributed by atoms with Crippen LogP contribution in [0.2, 0.25) is 5.02 Å². The van der Waals surface area contributed by atoms with Crippen LogP contribution in [0.1, 0.15) is 16.7 Å². The molecule has 0 aliphatic carbocycles. The van der Waals surface area contributed by atoms with Crippen molar-refractivity contribution in [2.24, 2.45) is 0 Å². The van der Waals surface area contributed by atoms with Crippen LogP contribution in [0.5, 0.6) is 0 Å². The van der Waals surface area contributed by atoms with Crippen molar-refractivity contribution in [2.45, 2.75) is 12.8 Å². The molecule has 2 nitrogen and oxygen atoms in total. The number of ether oxygens (including phenoxy) is 2. The minimum absolute atomic E-state index is 0.352. The van der Waals surface area contributed by atoms with E-state index in [4.69, 9.17) is 21.1 Å². The Kier molecular flexibility index (Phi) is 6.06. The molecule has 0 aliphatic heterocycles. The minimum atomic E-state index is 0.352. The molecule has 0 amide bonds. The molecule has 3 heteroatoms. The number of hydrogen-bond donors (Lipinski definition) is 0. The first-order valence-corrected chi connectivity index (χ1v) is 7.05. The molecule has 0 unspecified atom stereocenters. The highest BCUT2D eigenvalue weighted by atomic mass is 35.5. The molecule has 2 aromatic carbocycles. The third-order valence-electron chi connectivity index (χ3n) is 3.11. The van der Waals surface area contributed by atoms with Crippen molar-refractivity contribution >= 4 is 11.6 Å². The SMILES string of the molecule is COCOCCc1ccc(Cc2ccccc2Cl)cc1. The molecule has 0 aliphatic rings. The van der Waals surface area contributed by atoms with Crippen LogP contribution in [0.4, 0.5) is 0 Å². The van der Waals surface area contributed by atoms with E-state index in [0.29, 0.717) is 13.4 Å². The number of benzene rings is 2. The fourth-order valence-corrected chi connectivity index (χ4v) is 2.22. The van der Waals surface area contributed by atoms with Crippen molar-refractivity contribution < 1.29 is 9.47 Å². The fourth-order valence-electron chi connectivity index (χ4n) is 2.02. The standard InChI is InChI=1S/C17H19ClO2/c1-19-13-20-11-10-14-6-8-15(9-7-14)12-16-4-2-3-5-17(16)18/h2-9H,10-13H2,1H3. The van der Waals surface area contributed by atoms with Gasteiger partial charge in [0.25, 0.3) is 0 Å². The van der Waals surface area contributed by atoms with Crippen molar-refractivity contribution in [2.75, 3.05) is 20.5 Å². The molecule has 0 spiro atoms. The lowest BCUT2D eigenvalue weighted by Crippen LogP contribution is -2.01. The van der Waals surface area contributed by atoms with E-state index in [1.165, 1.54) is 11.1 Å². The van der Waals surface area contributed by atoms with E-state index >= 15 is 0 Å². The Balaban J connectivity index is 1.90. The average Bonchev–Trinajstić information content (AvgIpc) is 2.48. The van der Waals surface area contributed by atoms with E-state index in [9.17, 15) is 0 Å². The maximum atomic E-state index is 6.18. The molecule has 20 heavy (non-hydrogen) atoms. The maximum Gasteiger partial charge on any atom is 0.146 e. The van der Waals surface area contributed by atoms with Crippen molar-refractivity contribution in [1.82, 2.24) is 0 Å². The van der Waals surface area contributed by atoms with E-state index in [0.717, 1.165) is 23.4 Å². The van der Waals surface area contributed by atoms with Gasteiger partial charge in [-0.3, -0.25) is 0 Å². The van der Waals surface area contributed by atoms with Crippen molar-refractivity contribution in [3.8, 4) is 0 Å². The molecular weight excluding hydrogens is 272 g/mol. The number of methoxy groups -OCH3 is 1. The van der Waals surface area contributed by atoms with Crippen LogP contribution in [0.25, 0.3) is 0 Å². The third-order valence-corrected chi connectivity index (χ3v) is 3.48. The van der Waals surface area contributed by atoms with Gasteiger partial charge in [-0.1, -0.05) is 54.1 Å². The van der Waals surface area contributed by atoms with E-state index in [-0.39, 0.29) is 0 Å². The molecule has 0 fully saturated rings. The first kappa shape index (κ1) is 15.0. The Bertz CT molecular complexity index is 523. The molecule has 0 aromatic heterocycles.